The van der Waals surface area contributed by atoms with Crippen molar-refractivity contribution in [1.82, 2.24) is 14.5 Å². The average molecular weight is 348 g/mol. The largest absolute Gasteiger partial charge is 0.452 e. The Labute approximate surface area is 148 Å². The highest BCUT2D eigenvalue weighted by atomic mass is 16.5. The fraction of sp³-hybridized carbons (Fsp3) is 0.105. The fourth-order valence-corrected chi connectivity index (χ4v) is 3.05. The number of carbonyl (C=O) groups is 2. The molecular weight excluding hydrogens is 332 g/mol. The van der Waals surface area contributed by atoms with Gasteiger partial charge in [-0.25, -0.2) is 9.78 Å². The smallest absolute Gasteiger partial charge is 0.338 e. The lowest BCUT2D eigenvalue weighted by Gasteiger charge is -2.04. The van der Waals surface area contributed by atoms with E-state index in [1.165, 1.54) is 0 Å². The van der Waals surface area contributed by atoms with Crippen LogP contribution < -0.4 is 5.73 Å². The summed E-state index contributed by atoms with van der Waals surface area (Å²) in [6.45, 7) is -0.433. The third-order valence-electron chi connectivity index (χ3n) is 4.25. The third kappa shape index (κ3) is 2.69. The van der Waals surface area contributed by atoms with Crippen molar-refractivity contribution in [3.63, 3.8) is 0 Å². The molecule has 0 bridgehead atoms. The Hall–Kier alpha value is -3.61. The molecule has 0 spiro atoms. The minimum Gasteiger partial charge on any atom is -0.452 e. The van der Waals surface area contributed by atoms with Crippen LogP contribution in [0.15, 0.2) is 48.8 Å². The summed E-state index contributed by atoms with van der Waals surface area (Å²) in [7, 11) is 1.91. The van der Waals surface area contributed by atoms with Crippen LogP contribution in [0.3, 0.4) is 0 Å². The highest BCUT2D eigenvalue weighted by Crippen LogP contribution is 2.32. The first-order chi connectivity index (χ1) is 12.5. The molecule has 26 heavy (non-hydrogen) atoms. The molecule has 0 saturated carbocycles. The van der Waals surface area contributed by atoms with Gasteiger partial charge in [0.15, 0.2) is 6.61 Å². The number of amides is 1. The van der Waals surface area contributed by atoms with E-state index in [1.807, 2.05) is 42.1 Å². The minimum atomic E-state index is -0.687. The quantitative estimate of drug-likeness (QED) is 0.553. The molecule has 3 N–H and O–H groups in total. The number of hydrogen-bond donors (Lipinski definition) is 2. The molecule has 1 amide bonds. The van der Waals surface area contributed by atoms with E-state index in [-0.39, 0.29) is 0 Å². The first kappa shape index (κ1) is 15.9. The van der Waals surface area contributed by atoms with Gasteiger partial charge in [-0.05, 0) is 30.3 Å². The van der Waals surface area contributed by atoms with Crippen LogP contribution >= 0.6 is 0 Å². The fourth-order valence-electron chi connectivity index (χ4n) is 3.05. The number of primary amides is 1. The van der Waals surface area contributed by atoms with Crippen LogP contribution in [0.1, 0.15) is 10.4 Å². The van der Waals surface area contributed by atoms with Gasteiger partial charge < -0.3 is 20.0 Å². The van der Waals surface area contributed by atoms with E-state index in [0.29, 0.717) is 5.56 Å². The standard InChI is InChI=1S/C19H16N4O3/c1-23-9-14(15-7-11-3-2-6-21-18(11)22-15)13-5-4-12(8-16(13)23)19(25)26-10-17(20)24/h2-9H,10H2,1H3,(H2,20,24)(H,21,22). The molecule has 4 rings (SSSR count). The lowest BCUT2D eigenvalue weighted by atomic mass is 10.1. The van der Waals surface area contributed by atoms with Crippen LogP contribution in [-0.2, 0) is 16.6 Å². The van der Waals surface area contributed by atoms with E-state index in [9.17, 15) is 9.59 Å². The Morgan fingerprint density at radius 3 is 2.88 bits per heavy atom. The zero-order valence-corrected chi connectivity index (χ0v) is 14.0. The van der Waals surface area contributed by atoms with Crippen molar-refractivity contribution >= 4 is 33.8 Å². The molecule has 0 aliphatic rings. The second-order valence-corrected chi connectivity index (χ2v) is 6.05. The third-order valence-corrected chi connectivity index (χ3v) is 4.25. The molecule has 3 aromatic heterocycles. The minimum absolute atomic E-state index is 0.366. The molecule has 0 aliphatic heterocycles. The van der Waals surface area contributed by atoms with E-state index >= 15 is 0 Å². The predicted molar refractivity (Wildman–Crippen MR) is 97.5 cm³/mol. The van der Waals surface area contributed by atoms with Crippen molar-refractivity contribution in [3.8, 4) is 11.3 Å². The van der Waals surface area contributed by atoms with Crippen molar-refractivity contribution in [2.45, 2.75) is 0 Å². The number of nitrogens with two attached hydrogens (primary N) is 1. The number of H-pyrrole nitrogens is 1. The molecule has 3 heterocycles. The van der Waals surface area contributed by atoms with Crippen molar-refractivity contribution in [2.24, 2.45) is 12.8 Å². The van der Waals surface area contributed by atoms with Gasteiger partial charge in [0.1, 0.15) is 5.65 Å². The molecule has 7 nitrogen and oxygen atoms in total. The molecule has 0 atom stereocenters. The molecule has 1 aromatic carbocycles. The summed E-state index contributed by atoms with van der Waals surface area (Å²) >= 11 is 0. The maximum atomic E-state index is 12.0. The molecule has 7 heteroatoms. The molecule has 0 aliphatic carbocycles. The maximum Gasteiger partial charge on any atom is 0.338 e. The number of aryl methyl sites for hydroxylation is 1. The van der Waals surface area contributed by atoms with Gasteiger partial charge in [-0.15, -0.1) is 0 Å². The summed E-state index contributed by atoms with van der Waals surface area (Å²) in [4.78, 5) is 30.5. The Bertz CT molecular complexity index is 1120. The van der Waals surface area contributed by atoms with Crippen molar-refractivity contribution < 1.29 is 14.3 Å². The number of carbonyl (C=O) groups excluding carboxylic acids is 2. The highest BCUT2D eigenvalue weighted by Gasteiger charge is 2.15. The second kappa shape index (κ2) is 6.03. The Morgan fingerprint density at radius 1 is 1.27 bits per heavy atom. The van der Waals surface area contributed by atoms with E-state index in [4.69, 9.17) is 10.5 Å². The van der Waals surface area contributed by atoms with Gasteiger partial charge in [0, 0.05) is 47.0 Å². The van der Waals surface area contributed by atoms with Gasteiger partial charge in [0.05, 0.1) is 5.56 Å². The van der Waals surface area contributed by atoms with Gasteiger partial charge in [-0.3, -0.25) is 4.79 Å². The lowest BCUT2D eigenvalue weighted by Crippen LogP contribution is -2.20. The molecule has 0 saturated heterocycles. The topological polar surface area (TPSA) is 103 Å². The summed E-state index contributed by atoms with van der Waals surface area (Å²) in [6.07, 6.45) is 3.74. The first-order valence-corrected chi connectivity index (χ1v) is 8.01. The number of esters is 1. The van der Waals surface area contributed by atoms with Crippen LogP contribution in [0, 0.1) is 0 Å². The average Bonchev–Trinajstić information content (AvgIpc) is 3.20. The molecule has 130 valence electrons. The monoisotopic (exact) mass is 348 g/mol. The Morgan fingerprint density at radius 2 is 2.12 bits per heavy atom. The van der Waals surface area contributed by atoms with Gasteiger partial charge in [-0.2, -0.15) is 0 Å². The van der Waals surface area contributed by atoms with Gasteiger partial charge in [0.2, 0.25) is 0 Å². The number of nitrogens with one attached hydrogen (secondary N) is 1. The van der Waals surface area contributed by atoms with E-state index in [0.717, 1.165) is 33.2 Å². The van der Waals surface area contributed by atoms with Crippen LogP contribution in [0.5, 0.6) is 0 Å². The lowest BCUT2D eigenvalue weighted by molar-refractivity contribution is -0.121. The molecule has 0 unspecified atom stereocenters. The van der Waals surface area contributed by atoms with Crippen molar-refractivity contribution in [1.29, 1.82) is 0 Å². The number of hydrogen-bond acceptors (Lipinski definition) is 4. The molecular formula is C19H16N4O3. The normalized spacial score (nSPS) is 11.1. The summed E-state index contributed by atoms with van der Waals surface area (Å²) in [6, 6.07) is 11.2. The number of benzene rings is 1. The van der Waals surface area contributed by atoms with Crippen molar-refractivity contribution in [2.75, 3.05) is 6.61 Å². The summed E-state index contributed by atoms with van der Waals surface area (Å²) < 4.78 is 6.81. The van der Waals surface area contributed by atoms with Crippen LogP contribution in [0.2, 0.25) is 0 Å². The number of fused-ring (bicyclic) bond motifs is 2. The second-order valence-electron chi connectivity index (χ2n) is 6.05. The van der Waals surface area contributed by atoms with Gasteiger partial charge in [-0.1, -0.05) is 6.07 Å². The summed E-state index contributed by atoms with van der Waals surface area (Å²) in [5, 5.41) is 2.02. The van der Waals surface area contributed by atoms with Crippen LogP contribution in [-0.4, -0.2) is 33.0 Å². The number of ether oxygens (including phenoxy) is 1. The zero-order chi connectivity index (χ0) is 18.3. The van der Waals surface area contributed by atoms with E-state index in [1.54, 1.807) is 18.3 Å². The Balaban J connectivity index is 1.76. The van der Waals surface area contributed by atoms with Crippen LogP contribution in [0.25, 0.3) is 33.2 Å². The molecule has 0 fully saturated rings. The number of pyridine rings is 1. The highest BCUT2D eigenvalue weighted by molar-refractivity contribution is 6.01. The first-order valence-electron chi connectivity index (χ1n) is 8.01. The van der Waals surface area contributed by atoms with Gasteiger partial charge in [0.25, 0.3) is 5.91 Å². The Kier molecular flexibility index (Phi) is 3.69. The number of aromatic amines is 1. The number of rotatable bonds is 4. The summed E-state index contributed by atoms with van der Waals surface area (Å²) in [5.74, 6) is -1.27. The van der Waals surface area contributed by atoms with Crippen molar-refractivity contribution in [3.05, 3.63) is 54.4 Å². The van der Waals surface area contributed by atoms with E-state index in [2.05, 4.69) is 9.97 Å². The maximum absolute atomic E-state index is 12.0. The molecule has 0 radical (unpaired) electrons. The zero-order valence-electron chi connectivity index (χ0n) is 14.0. The van der Waals surface area contributed by atoms with Crippen LogP contribution in [0.4, 0.5) is 0 Å². The summed E-state index contributed by atoms with van der Waals surface area (Å²) in [5.41, 5.74) is 9.03. The number of nitrogens with zero attached hydrogens (tertiary/aromatic N) is 2. The van der Waals surface area contributed by atoms with Gasteiger partial charge >= 0.3 is 5.97 Å². The predicted octanol–water partition coefficient (Wildman–Crippen LogP) is 2.36. The van der Waals surface area contributed by atoms with E-state index < -0.39 is 18.5 Å². The number of aromatic nitrogens is 3. The molecule has 4 aromatic rings. The SMILES string of the molecule is Cn1cc(-c2cc3cccnc3[nH]2)c2ccc(C(=O)OCC(N)=O)cc21.